The lowest BCUT2D eigenvalue weighted by molar-refractivity contribution is 0.347. The molecule has 0 aromatic carbocycles. The van der Waals surface area contributed by atoms with Crippen LogP contribution in [-0.4, -0.2) is 10.2 Å². The van der Waals surface area contributed by atoms with Gasteiger partial charge in [-0.3, -0.25) is 0 Å². The third-order valence-electron chi connectivity index (χ3n) is 4.74. The van der Waals surface area contributed by atoms with Crippen molar-refractivity contribution in [3.05, 3.63) is 22.5 Å². The monoisotopic (exact) mass is 244 g/mol. The van der Waals surface area contributed by atoms with Gasteiger partial charge < -0.3 is 0 Å². The molecule has 1 aromatic rings. The first kappa shape index (κ1) is 12.1. The molecule has 18 heavy (non-hydrogen) atoms. The molecule has 2 bridgehead atoms. The van der Waals surface area contributed by atoms with Crippen LogP contribution in [0.2, 0.25) is 0 Å². The molecule has 0 atom stereocenters. The van der Waals surface area contributed by atoms with Gasteiger partial charge in [-0.05, 0) is 60.5 Å². The van der Waals surface area contributed by atoms with Crippen LogP contribution >= 0.6 is 0 Å². The van der Waals surface area contributed by atoms with Crippen LogP contribution in [0.1, 0.15) is 99.6 Å². The maximum Gasteiger partial charge on any atom is 0.0694 e. The summed E-state index contributed by atoms with van der Waals surface area (Å²) >= 11 is 0. The predicted molar refractivity (Wildman–Crippen MR) is 74.2 cm³/mol. The molecule has 1 fully saturated rings. The summed E-state index contributed by atoms with van der Waals surface area (Å²) in [5, 5.41) is 9.16. The van der Waals surface area contributed by atoms with Gasteiger partial charge in [0.15, 0.2) is 0 Å². The molecule has 1 heterocycles. The molecule has 4 rings (SSSR count). The van der Waals surface area contributed by atoms with Crippen molar-refractivity contribution in [1.29, 1.82) is 0 Å². The average molecular weight is 244 g/mol. The quantitative estimate of drug-likeness (QED) is 0.766. The van der Waals surface area contributed by atoms with Gasteiger partial charge in [0.2, 0.25) is 0 Å². The molecule has 3 aliphatic carbocycles. The largest absolute Gasteiger partial charge is 0.155 e. The van der Waals surface area contributed by atoms with Crippen molar-refractivity contribution in [3.63, 3.8) is 0 Å². The lowest BCUT2D eigenvalue weighted by Gasteiger charge is -2.40. The van der Waals surface area contributed by atoms with Crippen LogP contribution in [0.5, 0.6) is 0 Å². The third-order valence-corrected chi connectivity index (χ3v) is 4.74. The summed E-state index contributed by atoms with van der Waals surface area (Å²) in [6.45, 7) is 9.01. The highest BCUT2D eigenvalue weighted by Gasteiger charge is 2.38. The summed E-state index contributed by atoms with van der Waals surface area (Å²) in [7, 11) is 0. The maximum absolute atomic E-state index is 4.58. The van der Waals surface area contributed by atoms with Crippen molar-refractivity contribution in [2.75, 3.05) is 0 Å². The first-order chi connectivity index (χ1) is 8.59. The topological polar surface area (TPSA) is 25.8 Å². The van der Waals surface area contributed by atoms with Gasteiger partial charge >= 0.3 is 0 Å². The van der Waals surface area contributed by atoms with Crippen molar-refractivity contribution in [2.24, 2.45) is 0 Å². The first-order valence-electron chi connectivity index (χ1n) is 7.49. The van der Waals surface area contributed by atoms with E-state index in [2.05, 4.69) is 37.9 Å². The van der Waals surface area contributed by atoms with Crippen LogP contribution in [0, 0.1) is 0 Å². The van der Waals surface area contributed by atoms with Crippen LogP contribution in [0.15, 0.2) is 0 Å². The Morgan fingerprint density at radius 2 is 1.06 bits per heavy atom. The Bertz CT molecular complexity index is 411. The molecule has 2 heteroatoms. The zero-order valence-corrected chi connectivity index (χ0v) is 12.0. The Kier molecular flexibility index (Phi) is 2.91. The van der Waals surface area contributed by atoms with Gasteiger partial charge in [0.05, 0.1) is 11.4 Å². The first-order valence-corrected chi connectivity index (χ1v) is 7.49. The number of rotatable bonds is 2. The van der Waals surface area contributed by atoms with Crippen LogP contribution in [0.3, 0.4) is 0 Å². The molecular weight excluding hydrogens is 220 g/mol. The third kappa shape index (κ3) is 1.69. The lowest BCUT2D eigenvalue weighted by Crippen LogP contribution is -2.27. The van der Waals surface area contributed by atoms with Crippen molar-refractivity contribution in [2.45, 2.75) is 77.0 Å². The Balaban J connectivity index is 2.23. The van der Waals surface area contributed by atoms with E-state index in [1.165, 1.54) is 37.1 Å². The fraction of sp³-hybridized carbons (Fsp3) is 0.750. The van der Waals surface area contributed by atoms with Gasteiger partial charge in [0.1, 0.15) is 0 Å². The van der Waals surface area contributed by atoms with Crippen molar-refractivity contribution in [1.82, 2.24) is 10.2 Å². The normalized spacial score (nSPS) is 25.9. The number of hydrogen-bond donors (Lipinski definition) is 0. The highest BCUT2D eigenvalue weighted by molar-refractivity contribution is 5.44. The van der Waals surface area contributed by atoms with E-state index < -0.39 is 0 Å². The van der Waals surface area contributed by atoms with E-state index in [1.807, 2.05) is 0 Å². The summed E-state index contributed by atoms with van der Waals surface area (Å²) in [5.74, 6) is 2.56. The second kappa shape index (κ2) is 4.32. The number of aromatic nitrogens is 2. The summed E-state index contributed by atoms with van der Waals surface area (Å²) in [5.41, 5.74) is 5.77. The van der Waals surface area contributed by atoms with Crippen LogP contribution in [0.25, 0.3) is 0 Å². The molecule has 1 aromatic heterocycles. The van der Waals surface area contributed by atoms with E-state index in [-0.39, 0.29) is 0 Å². The summed E-state index contributed by atoms with van der Waals surface area (Å²) in [4.78, 5) is 0. The fourth-order valence-corrected chi connectivity index (χ4v) is 3.87. The van der Waals surface area contributed by atoms with Crippen molar-refractivity contribution < 1.29 is 0 Å². The number of hydrogen-bond acceptors (Lipinski definition) is 2. The molecule has 98 valence electrons. The minimum atomic E-state index is 0.506. The molecule has 3 aliphatic rings. The van der Waals surface area contributed by atoms with E-state index in [4.69, 9.17) is 0 Å². The summed E-state index contributed by atoms with van der Waals surface area (Å²) < 4.78 is 0. The molecule has 2 nitrogen and oxygen atoms in total. The molecule has 0 unspecified atom stereocenters. The molecular formula is C16H24N2. The van der Waals surface area contributed by atoms with E-state index in [0.29, 0.717) is 11.8 Å². The number of nitrogens with zero attached hydrogens (tertiary/aromatic N) is 2. The maximum atomic E-state index is 4.58. The highest BCUT2D eigenvalue weighted by Crippen LogP contribution is 2.52. The summed E-state index contributed by atoms with van der Waals surface area (Å²) in [6, 6.07) is 0. The van der Waals surface area contributed by atoms with Crippen LogP contribution < -0.4 is 0 Å². The molecule has 0 N–H and O–H groups in total. The van der Waals surface area contributed by atoms with Gasteiger partial charge in [-0.1, -0.05) is 27.7 Å². The second-order valence-electron chi connectivity index (χ2n) is 6.66. The number of fused-ring (bicyclic) bond motifs is 2. The zero-order chi connectivity index (χ0) is 12.9. The Hall–Kier alpha value is -0.920. The van der Waals surface area contributed by atoms with E-state index in [1.54, 1.807) is 11.1 Å². The van der Waals surface area contributed by atoms with Gasteiger partial charge in [0.25, 0.3) is 0 Å². The molecule has 0 radical (unpaired) electrons. The average Bonchev–Trinajstić information content (AvgIpc) is 2.38. The van der Waals surface area contributed by atoms with Crippen molar-refractivity contribution >= 4 is 0 Å². The standard InChI is InChI=1S/C16H24N2/c1-9(2)15-13-11-5-7-12(8-6-11)14(13)16(10(3)4)18-17-15/h9-12H,5-8H2,1-4H3. The summed E-state index contributed by atoms with van der Waals surface area (Å²) in [6.07, 6.45) is 5.50. The SMILES string of the molecule is CC(C)c1nnc(C(C)C)c2c1C1CCC2CC1. The Morgan fingerprint density at radius 3 is 1.33 bits per heavy atom. The minimum absolute atomic E-state index is 0.506. The van der Waals surface area contributed by atoms with Gasteiger partial charge in [0, 0.05) is 0 Å². The van der Waals surface area contributed by atoms with Gasteiger partial charge in [-0.2, -0.15) is 10.2 Å². The minimum Gasteiger partial charge on any atom is -0.155 e. The smallest absolute Gasteiger partial charge is 0.0694 e. The molecule has 0 spiro atoms. The fourth-order valence-electron chi connectivity index (χ4n) is 3.87. The molecule has 0 amide bonds. The predicted octanol–water partition coefficient (Wildman–Crippen LogP) is 4.48. The Morgan fingerprint density at radius 1 is 0.722 bits per heavy atom. The molecule has 0 saturated heterocycles. The zero-order valence-electron chi connectivity index (χ0n) is 12.0. The van der Waals surface area contributed by atoms with Crippen LogP contribution in [-0.2, 0) is 0 Å². The van der Waals surface area contributed by atoms with Gasteiger partial charge in [-0.15, -0.1) is 0 Å². The molecule has 0 aliphatic heterocycles. The molecule has 1 saturated carbocycles. The second-order valence-corrected chi connectivity index (χ2v) is 6.66. The van der Waals surface area contributed by atoms with Gasteiger partial charge in [-0.25, -0.2) is 0 Å². The van der Waals surface area contributed by atoms with E-state index in [0.717, 1.165) is 11.8 Å². The van der Waals surface area contributed by atoms with E-state index in [9.17, 15) is 0 Å². The van der Waals surface area contributed by atoms with E-state index >= 15 is 0 Å². The van der Waals surface area contributed by atoms with Crippen LogP contribution in [0.4, 0.5) is 0 Å². The Labute approximate surface area is 110 Å². The lowest BCUT2D eigenvalue weighted by atomic mass is 9.65. The van der Waals surface area contributed by atoms with Crippen molar-refractivity contribution in [3.8, 4) is 0 Å². The highest BCUT2D eigenvalue weighted by atomic mass is 15.1.